The molecule has 4 rings (SSSR count). The van der Waals surface area contributed by atoms with Crippen LogP contribution in [0.15, 0.2) is 48.5 Å². The molecule has 6 nitrogen and oxygen atoms in total. The molecule has 1 atom stereocenters. The zero-order chi connectivity index (χ0) is 21.6. The molecule has 2 N–H and O–H groups in total. The lowest BCUT2D eigenvalue weighted by Crippen LogP contribution is -2.36. The molecular weight excluding hydrogens is 390 g/mol. The number of anilines is 2. The van der Waals surface area contributed by atoms with Gasteiger partial charge >= 0.3 is 0 Å². The lowest BCUT2D eigenvalue weighted by molar-refractivity contribution is 0.0858. The van der Waals surface area contributed by atoms with Crippen LogP contribution in [0.5, 0.6) is 0 Å². The Hall–Kier alpha value is -2.86. The first-order chi connectivity index (χ1) is 15.1. The number of nitrogens with one attached hydrogen (secondary N) is 2. The van der Waals surface area contributed by atoms with Crippen LogP contribution >= 0.6 is 0 Å². The van der Waals surface area contributed by atoms with Gasteiger partial charge in [-0.05, 0) is 61.9 Å². The summed E-state index contributed by atoms with van der Waals surface area (Å²) in [6, 6.07) is 14.7. The second kappa shape index (κ2) is 9.96. The van der Waals surface area contributed by atoms with Gasteiger partial charge in [0.2, 0.25) is 0 Å². The number of amides is 2. The largest absolute Gasteiger partial charge is 0.376 e. The molecule has 2 saturated heterocycles. The Morgan fingerprint density at radius 3 is 2.52 bits per heavy atom. The van der Waals surface area contributed by atoms with E-state index in [1.165, 1.54) is 0 Å². The Balaban J connectivity index is 1.54. The molecule has 2 aromatic carbocycles. The van der Waals surface area contributed by atoms with Crippen LogP contribution < -0.4 is 15.5 Å². The van der Waals surface area contributed by atoms with Crippen molar-refractivity contribution in [2.75, 3.05) is 36.5 Å². The van der Waals surface area contributed by atoms with Crippen LogP contribution in [-0.2, 0) is 4.74 Å². The summed E-state index contributed by atoms with van der Waals surface area (Å²) in [5, 5.41) is 5.96. The third kappa shape index (κ3) is 5.44. The molecule has 0 bridgehead atoms. The van der Waals surface area contributed by atoms with Crippen LogP contribution in [-0.4, -0.2) is 44.2 Å². The average Bonchev–Trinajstić information content (AvgIpc) is 3.32. The smallest absolute Gasteiger partial charge is 0.255 e. The van der Waals surface area contributed by atoms with Crippen LogP contribution in [0.1, 0.15) is 53.3 Å². The summed E-state index contributed by atoms with van der Waals surface area (Å²) >= 11 is 0. The Morgan fingerprint density at radius 2 is 1.81 bits per heavy atom. The lowest BCUT2D eigenvalue weighted by Gasteiger charge is -2.33. The third-order valence-corrected chi connectivity index (χ3v) is 6.17. The van der Waals surface area contributed by atoms with Crippen molar-refractivity contribution in [3.63, 3.8) is 0 Å². The molecule has 0 aliphatic carbocycles. The molecule has 2 aromatic rings. The standard InChI is InChI=1S/C25H31N3O3/c1-18-11-13-28(14-12-18)23-10-9-20(27-24(29)19-6-3-2-4-7-19)16-22(23)25(30)26-17-21-8-5-15-31-21/h2-4,6-7,9-10,16,18,21H,5,8,11-15,17H2,1H3,(H,26,30)(H,27,29). The number of carbonyl (C=O) groups excluding carboxylic acids is 2. The van der Waals surface area contributed by atoms with Crippen molar-refractivity contribution in [3.8, 4) is 0 Å². The molecule has 1 unspecified atom stereocenters. The molecule has 2 fully saturated rings. The molecule has 0 saturated carbocycles. The fourth-order valence-corrected chi connectivity index (χ4v) is 4.22. The highest BCUT2D eigenvalue weighted by Gasteiger charge is 2.23. The average molecular weight is 422 g/mol. The van der Waals surface area contributed by atoms with E-state index in [1.54, 1.807) is 18.2 Å². The Morgan fingerprint density at radius 1 is 1.03 bits per heavy atom. The number of ether oxygens (including phenoxy) is 1. The summed E-state index contributed by atoms with van der Waals surface area (Å²) in [7, 11) is 0. The Kier molecular flexibility index (Phi) is 6.87. The SMILES string of the molecule is CC1CCN(c2ccc(NC(=O)c3ccccc3)cc2C(=O)NCC2CCCO2)CC1. The summed E-state index contributed by atoms with van der Waals surface area (Å²) in [6.07, 6.45) is 4.33. The molecule has 6 heteroatoms. The van der Waals surface area contributed by atoms with Gasteiger partial charge in [0.05, 0.1) is 11.7 Å². The van der Waals surface area contributed by atoms with E-state index in [0.29, 0.717) is 29.3 Å². The van der Waals surface area contributed by atoms with Crippen LogP contribution in [0.25, 0.3) is 0 Å². The van der Waals surface area contributed by atoms with Crippen LogP contribution in [0.2, 0.25) is 0 Å². The summed E-state index contributed by atoms with van der Waals surface area (Å²) in [4.78, 5) is 28.0. The van der Waals surface area contributed by atoms with Crippen molar-refractivity contribution < 1.29 is 14.3 Å². The number of carbonyl (C=O) groups is 2. The summed E-state index contributed by atoms with van der Waals surface area (Å²) in [5.74, 6) is 0.392. The van der Waals surface area contributed by atoms with Gasteiger partial charge in [-0.15, -0.1) is 0 Å². The van der Waals surface area contributed by atoms with E-state index in [0.717, 1.165) is 51.1 Å². The second-order valence-corrected chi connectivity index (χ2v) is 8.57. The monoisotopic (exact) mass is 421 g/mol. The molecule has 2 amide bonds. The van der Waals surface area contributed by atoms with Crippen molar-refractivity contribution in [2.45, 2.75) is 38.7 Å². The number of benzene rings is 2. The van der Waals surface area contributed by atoms with Crippen molar-refractivity contribution in [1.82, 2.24) is 5.32 Å². The quantitative estimate of drug-likeness (QED) is 0.737. The first-order valence-electron chi connectivity index (χ1n) is 11.3. The van der Waals surface area contributed by atoms with Gasteiger partial charge in [0.15, 0.2) is 0 Å². The van der Waals surface area contributed by atoms with Gasteiger partial charge < -0.3 is 20.3 Å². The van der Waals surface area contributed by atoms with E-state index < -0.39 is 0 Å². The van der Waals surface area contributed by atoms with Gasteiger partial charge in [-0.25, -0.2) is 0 Å². The highest BCUT2D eigenvalue weighted by Crippen LogP contribution is 2.29. The van der Waals surface area contributed by atoms with E-state index in [4.69, 9.17) is 4.74 Å². The van der Waals surface area contributed by atoms with Gasteiger partial charge in [0.25, 0.3) is 11.8 Å². The van der Waals surface area contributed by atoms with E-state index in [-0.39, 0.29) is 17.9 Å². The first kappa shape index (κ1) is 21.4. The topological polar surface area (TPSA) is 70.7 Å². The highest BCUT2D eigenvalue weighted by atomic mass is 16.5. The number of rotatable bonds is 6. The Bertz CT molecular complexity index is 901. The van der Waals surface area contributed by atoms with Crippen molar-refractivity contribution in [1.29, 1.82) is 0 Å². The van der Waals surface area contributed by atoms with E-state index in [1.807, 2.05) is 30.3 Å². The van der Waals surface area contributed by atoms with E-state index >= 15 is 0 Å². The van der Waals surface area contributed by atoms with E-state index in [2.05, 4.69) is 22.5 Å². The van der Waals surface area contributed by atoms with Crippen LogP contribution in [0.4, 0.5) is 11.4 Å². The highest BCUT2D eigenvalue weighted by molar-refractivity contribution is 6.06. The van der Waals surface area contributed by atoms with Crippen LogP contribution in [0, 0.1) is 5.92 Å². The Labute approximate surface area is 184 Å². The maximum Gasteiger partial charge on any atom is 0.255 e. The molecule has 0 aromatic heterocycles. The zero-order valence-electron chi connectivity index (χ0n) is 18.1. The fraction of sp³-hybridized carbons (Fsp3) is 0.440. The molecule has 2 aliphatic rings. The first-order valence-corrected chi connectivity index (χ1v) is 11.3. The minimum atomic E-state index is -0.189. The molecule has 2 heterocycles. The predicted molar refractivity (Wildman–Crippen MR) is 123 cm³/mol. The maximum atomic E-state index is 13.1. The van der Waals surface area contributed by atoms with Gasteiger partial charge in [-0.3, -0.25) is 9.59 Å². The molecular formula is C25H31N3O3. The summed E-state index contributed by atoms with van der Waals surface area (Å²) in [6.45, 7) is 5.41. The molecule has 0 radical (unpaired) electrons. The van der Waals surface area contributed by atoms with Gasteiger partial charge in [-0.2, -0.15) is 0 Å². The van der Waals surface area contributed by atoms with E-state index in [9.17, 15) is 9.59 Å². The molecule has 31 heavy (non-hydrogen) atoms. The fourth-order valence-electron chi connectivity index (χ4n) is 4.22. The molecule has 0 spiro atoms. The van der Waals surface area contributed by atoms with Crippen LogP contribution in [0.3, 0.4) is 0 Å². The minimum absolute atomic E-state index is 0.0872. The van der Waals surface area contributed by atoms with Gasteiger partial charge in [0.1, 0.15) is 0 Å². The predicted octanol–water partition coefficient (Wildman–Crippen LogP) is 4.08. The molecule has 164 valence electrons. The molecule has 2 aliphatic heterocycles. The maximum absolute atomic E-state index is 13.1. The zero-order valence-corrected chi connectivity index (χ0v) is 18.1. The van der Waals surface area contributed by atoms with Gasteiger partial charge in [-0.1, -0.05) is 25.1 Å². The summed E-state index contributed by atoms with van der Waals surface area (Å²) in [5.41, 5.74) is 2.72. The lowest BCUT2D eigenvalue weighted by atomic mass is 9.97. The van der Waals surface area contributed by atoms with Gasteiger partial charge in [0, 0.05) is 43.2 Å². The number of nitrogens with zero attached hydrogens (tertiary/aromatic N) is 1. The third-order valence-electron chi connectivity index (χ3n) is 6.17. The van der Waals surface area contributed by atoms with Crippen molar-refractivity contribution >= 4 is 23.2 Å². The number of piperidine rings is 1. The normalized spacial score (nSPS) is 19.3. The van der Waals surface area contributed by atoms with Crippen molar-refractivity contribution in [3.05, 3.63) is 59.7 Å². The minimum Gasteiger partial charge on any atom is -0.376 e. The second-order valence-electron chi connectivity index (χ2n) is 8.57. The summed E-state index contributed by atoms with van der Waals surface area (Å²) < 4.78 is 5.64. The van der Waals surface area contributed by atoms with Crippen molar-refractivity contribution in [2.24, 2.45) is 5.92 Å². The number of hydrogen-bond donors (Lipinski definition) is 2. The number of hydrogen-bond acceptors (Lipinski definition) is 4.